The van der Waals surface area contributed by atoms with E-state index in [1.54, 1.807) is 5.57 Å². The van der Waals surface area contributed by atoms with Crippen molar-refractivity contribution in [1.82, 2.24) is 0 Å². The Balaban J connectivity index is 2.24. The summed E-state index contributed by atoms with van der Waals surface area (Å²) in [5.74, 6) is 0.880. The van der Waals surface area contributed by atoms with Gasteiger partial charge in [-0.2, -0.15) is 0 Å². The molecule has 0 aromatic heterocycles. The number of hydrogen-bond acceptors (Lipinski definition) is 0. The molecule has 0 aromatic rings. The van der Waals surface area contributed by atoms with Crippen molar-refractivity contribution in [3.05, 3.63) is 23.8 Å². The molecule has 2 unspecified atom stereocenters. The van der Waals surface area contributed by atoms with Gasteiger partial charge in [-0.25, -0.2) is 0 Å². The molecule has 0 N–H and O–H groups in total. The zero-order valence-corrected chi connectivity index (χ0v) is 6.78. The molecular weight excluding hydrogens is 120 g/mol. The minimum Gasteiger partial charge on any atom is -0.0995 e. The average Bonchev–Trinajstić information content (AvgIpc) is 2.52. The van der Waals surface area contributed by atoms with E-state index in [0.717, 1.165) is 5.92 Å². The summed E-state index contributed by atoms with van der Waals surface area (Å²) in [5.41, 5.74) is 3.54. The molecule has 0 nitrogen and oxygen atoms in total. The molecule has 2 atom stereocenters. The Morgan fingerprint density at radius 3 is 2.70 bits per heavy atom. The van der Waals surface area contributed by atoms with Gasteiger partial charge in [-0.1, -0.05) is 23.8 Å². The zero-order valence-electron chi connectivity index (χ0n) is 6.78. The van der Waals surface area contributed by atoms with Gasteiger partial charge in [0.15, 0.2) is 0 Å². The maximum absolute atomic E-state index is 4.05. The second-order valence-corrected chi connectivity index (χ2v) is 3.85. The molecule has 0 radical (unpaired) electrons. The molecule has 0 bridgehead atoms. The summed E-state index contributed by atoms with van der Waals surface area (Å²) < 4.78 is 0. The van der Waals surface area contributed by atoms with Crippen molar-refractivity contribution in [1.29, 1.82) is 0 Å². The van der Waals surface area contributed by atoms with Crippen molar-refractivity contribution in [2.24, 2.45) is 11.3 Å². The lowest BCUT2D eigenvalue weighted by Gasteiger charge is -2.09. The summed E-state index contributed by atoms with van der Waals surface area (Å²) in [6, 6.07) is 0. The molecule has 54 valence electrons. The molecular formula is C10H14. The van der Waals surface area contributed by atoms with E-state index in [2.05, 4.69) is 26.5 Å². The highest BCUT2D eigenvalue weighted by molar-refractivity contribution is 5.36. The molecule has 2 aliphatic carbocycles. The van der Waals surface area contributed by atoms with E-state index in [-0.39, 0.29) is 0 Å². The Kier molecular flexibility index (Phi) is 0.964. The van der Waals surface area contributed by atoms with Gasteiger partial charge in [-0.15, -0.1) is 0 Å². The summed E-state index contributed by atoms with van der Waals surface area (Å²) in [7, 11) is 0. The Bertz CT molecular complexity index is 222. The quantitative estimate of drug-likeness (QED) is 0.484. The molecule has 1 fully saturated rings. The fourth-order valence-corrected chi connectivity index (χ4v) is 2.26. The van der Waals surface area contributed by atoms with Crippen LogP contribution in [0.2, 0.25) is 0 Å². The normalized spacial score (nSPS) is 42.6. The van der Waals surface area contributed by atoms with Crippen LogP contribution in [0.1, 0.15) is 26.7 Å². The maximum Gasteiger partial charge on any atom is 0.00126 e. The second-order valence-electron chi connectivity index (χ2n) is 3.85. The van der Waals surface area contributed by atoms with Crippen molar-refractivity contribution in [2.45, 2.75) is 26.7 Å². The number of hydrogen-bond donors (Lipinski definition) is 0. The van der Waals surface area contributed by atoms with Crippen LogP contribution in [0.15, 0.2) is 23.8 Å². The largest absolute Gasteiger partial charge is 0.0995 e. The van der Waals surface area contributed by atoms with E-state index in [0.29, 0.717) is 5.41 Å². The Hall–Kier alpha value is -0.520. The van der Waals surface area contributed by atoms with E-state index in [4.69, 9.17) is 0 Å². The van der Waals surface area contributed by atoms with E-state index in [9.17, 15) is 0 Å². The van der Waals surface area contributed by atoms with Gasteiger partial charge < -0.3 is 0 Å². The minimum atomic E-state index is 0.546. The lowest BCUT2D eigenvalue weighted by atomic mass is 9.95. The Labute approximate surface area is 62.6 Å². The molecule has 0 heteroatoms. The molecule has 0 amide bonds. The lowest BCUT2D eigenvalue weighted by Crippen LogP contribution is -1.98. The van der Waals surface area contributed by atoms with Gasteiger partial charge >= 0.3 is 0 Å². The van der Waals surface area contributed by atoms with Crippen LogP contribution in [0.25, 0.3) is 0 Å². The first-order chi connectivity index (χ1) is 4.67. The summed E-state index contributed by atoms with van der Waals surface area (Å²) in [6.45, 7) is 8.48. The predicted molar refractivity (Wildman–Crippen MR) is 43.7 cm³/mol. The smallest absolute Gasteiger partial charge is 0.00126 e. The molecule has 0 saturated heterocycles. The topological polar surface area (TPSA) is 0 Å². The third kappa shape index (κ3) is 0.524. The van der Waals surface area contributed by atoms with Gasteiger partial charge in [0.2, 0.25) is 0 Å². The summed E-state index contributed by atoms with van der Waals surface area (Å²) >= 11 is 0. The van der Waals surface area contributed by atoms with E-state index in [1.807, 2.05) is 0 Å². The van der Waals surface area contributed by atoms with Crippen LogP contribution in [0, 0.1) is 11.3 Å². The molecule has 0 heterocycles. The molecule has 1 saturated carbocycles. The van der Waals surface area contributed by atoms with Gasteiger partial charge in [0.25, 0.3) is 0 Å². The van der Waals surface area contributed by atoms with Crippen molar-refractivity contribution in [3.63, 3.8) is 0 Å². The molecule has 10 heavy (non-hydrogen) atoms. The SMILES string of the molecule is C=C(C)C12CC=C(C)C1C2. The Morgan fingerprint density at radius 2 is 2.50 bits per heavy atom. The van der Waals surface area contributed by atoms with Crippen molar-refractivity contribution in [2.75, 3.05) is 0 Å². The maximum atomic E-state index is 4.05. The lowest BCUT2D eigenvalue weighted by molar-refractivity contribution is 0.607. The Morgan fingerprint density at radius 1 is 1.80 bits per heavy atom. The molecule has 0 aromatic carbocycles. The fourth-order valence-electron chi connectivity index (χ4n) is 2.26. The van der Waals surface area contributed by atoms with E-state index < -0.39 is 0 Å². The van der Waals surface area contributed by atoms with Crippen LogP contribution in [0.4, 0.5) is 0 Å². The van der Waals surface area contributed by atoms with Gasteiger partial charge in [0.05, 0.1) is 0 Å². The average molecular weight is 134 g/mol. The molecule has 0 spiro atoms. The highest BCUT2D eigenvalue weighted by Crippen LogP contribution is 2.66. The highest BCUT2D eigenvalue weighted by Gasteiger charge is 2.57. The minimum absolute atomic E-state index is 0.546. The summed E-state index contributed by atoms with van der Waals surface area (Å²) in [5, 5.41) is 0. The van der Waals surface area contributed by atoms with Gasteiger partial charge in [0.1, 0.15) is 0 Å². The highest BCUT2D eigenvalue weighted by atomic mass is 14.6. The fraction of sp³-hybridized carbons (Fsp3) is 0.600. The number of rotatable bonds is 1. The zero-order chi connectivity index (χ0) is 7.35. The summed E-state index contributed by atoms with van der Waals surface area (Å²) in [4.78, 5) is 0. The van der Waals surface area contributed by atoms with Crippen LogP contribution in [-0.4, -0.2) is 0 Å². The first-order valence-electron chi connectivity index (χ1n) is 3.99. The second kappa shape index (κ2) is 1.55. The first-order valence-corrected chi connectivity index (χ1v) is 3.99. The standard InChI is InChI=1S/C10H14/c1-7(2)10-5-4-8(3)9(10)6-10/h4,9H,1,5-6H2,2-3H3. The molecule has 2 aliphatic rings. The third-order valence-electron chi connectivity index (χ3n) is 3.26. The first kappa shape index (κ1) is 6.21. The van der Waals surface area contributed by atoms with E-state index >= 15 is 0 Å². The van der Waals surface area contributed by atoms with Crippen molar-refractivity contribution < 1.29 is 0 Å². The monoisotopic (exact) mass is 134 g/mol. The van der Waals surface area contributed by atoms with Crippen LogP contribution < -0.4 is 0 Å². The van der Waals surface area contributed by atoms with Crippen molar-refractivity contribution >= 4 is 0 Å². The van der Waals surface area contributed by atoms with Crippen LogP contribution in [-0.2, 0) is 0 Å². The number of allylic oxidation sites excluding steroid dienone is 3. The van der Waals surface area contributed by atoms with Crippen LogP contribution >= 0.6 is 0 Å². The van der Waals surface area contributed by atoms with Gasteiger partial charge in [0, 0.05) is 5.41 Å². The van der Waals surface area contributed by atoms with Crippen LogP contribution in [0.3, 0.4) is 0 Å². The van der Waals surface area contributed by atoms with Crippen molar-refractivity contribution in [3.8, 4) is 0 Å². The van der Waals surface area contributed by atoms with Gasteiger partial charge in [-0.05, 0) is 32.6 Å². The molecule has 0 aliphatic heterocycles. The molecule has 2 rings (SSSR count). The number of fused-ring (bicyclic) bond motifs is 1. The van der Waals surface area contributed by atoms with Crippen LogP contribution in [0.5, 0.6) is 0 Å². The summed E-state index contributed by atoms with van der Waals surface area (Å²) in [6.07, 6.45) is 5.02. The van der Waals surface area contributed by atoms with Gasteiger partial charge in [-0.3, -0.25) is 0 Å². The van der Waals surface area contributed by atoms with E-state index in [1.165, 1.54) is 18.4 Å². The third-order valence-corrected chi connectivity index (χ3v) is 3.26. The predicted octanol–water partition coefficient (Wildman–Crippen LogP) is 2.92.